The normalized spacial score (nSPS) is 45.7. The minimum absolute atomic E-state index is 0.387. The number of piperidine rings is 2. The van der Waals surface area contributed by atoms with Crippen LogP contribution in [0, 0.1) is 11.3 Å². The maximum absolute atomic E-state index is 5.34. The van der Waals surface area contributed by atoms with Crippen LogP contribution in [-0.4, -0.2) is 67.3 Å². The molecule has 18 heavy (non-hydrogen) atoms. The Morgan fingerprint density at radius 1 is 1.28 bits per heavy atom. The highest BCUT2D eigenvalue weighted by Crippen LogP contribution is 2.42. The zero-order valence-electron chi connectivity index (χ0n) is 11.4. The smallest absolute Gasteiger partial charge is 0.166 e. The number of nitrogens with zero attached hydrogens (tertiary/aromatic N) is 2. The summed E-state index contributed by atoms with van der Waals surface area (Å²) in [5.41, 5.74) is 0.387. The van der Waals surface area contributed by atoms with Gasteiger partial charge in [-0.3, -0.25) is 0 Å². The summed E-state index contributed by atoms with van der Waals surface area (Å²) in [5.74, 6) is 0.723. The van der Waals surface area contributed by atoms with Crippen molar-refractivity contribution in [2.24, 2.45) is 11.3 Å². The second-order valence-electron chi connectivity index (χ2n) is 6.15. The van der Waals surface area contributed by atoms with Crippen molar-refractivity contribution < 1.29 is 0 Å². The molecule has 0 radical (unpaired) electrons. The third-order valence-electron chi connectivity index (χ3n) is 5.14. The predicted octanol–water partition coefficient (Wildman–Crippen LogP) is 0.106. The van der Waals surface area contributed by atoms with Crippen LogP contribution in [-0.2, 0) is 0 Å². The Bertz CT molecular complexity index is 330. The first-order valence-electron chi connectivity index (χ1n) is 7.10. The molecule has 3 atom stereocenters. The van der Waals surface area contributed by atoms with E-state index in [0.717, 1.165) is 11.0 Å². The fourth-order valence-corrected chi connectivity index (χ4v) is 4.38. The van der Waals surface area contributed by atoms with Gasteiger partial charge in [0.2, 0.25) is 0 Å². The Morgan fingerprint density at radius 3 is 2.39 bits per heavy atom. The summed E-state index contributed by atoms with van der Waals surface area (Å²) in [4.78, 5) is 5.34. The zero-order chi connectivity index (χ0) is 12.8. The van der Waals surface area contributed by atoms with Gasteiger partial charge in [-0.1, -0.05) is 6.92 Å². The van der Waals surface area contributed by atoms with Crippen LogP contribution in [0.25, 0.3) is 0 Å². The molecule has 4 fully saturated rings. The van der Waals surface area contributed by atoms with Crippen molar-refractivity contribution in [2.75, 3.05) is 46.3 Å². The molecule has 4 heterocycles. The molecule has 4 nitrogen and oxygen atoms in total. The molecular weight excluding hydrogens is 244 g/mol. The molecular formula is C13H24N4S. The summed E-state index contributed by atoms with van der Waals surface area (Å²) < 4.78 is 0. The van der Waals surface area contributed by atoms with Crippen LogP contribution >= 0.6 is 12.2 Å². The monoisotopic (exact) mass is 268 g/mol. The van der Waals surface area contributed by atoms with Gasteiger partial charge < -0.3 is 20.4 Å². The van der Waals surface area contributed by atoms with E-state index in [2.05, 4.69) is 27.4 Å². The molecule has 4 saturated heterocycles. The highest BCUT2D eigenvalue weighted by atomic mass is 32.1. The van der Waals surface area contributed by atoms with Crippen LogP contribution in [0.2, 0.25) is 0 Å². The average molecular weight is 268 g/mol. The minimum atomic E-state index is 0.387. The topological polar surface area (TPSA) is 30.5 Å². The van der Waals surface area contributed by atoms with Crippen LogP contribution in [0.4, 0.5) is 0 Å². The van der Waals surface area contributed by atoms with Gasteiger partial charge in [0.25, 0.3) is 0 Å². The molecule has 2 N–H and O–H groups in total. The Balaban J connectivity index is 1.87. The minimum Gasteiger partial charge on any atom is -0.366 e. The maximum Gasteiger partial charge on any atom is 0.166 e. The van der Waals surface area contributed by atoms with Crippen LogP contribution in [0.5, 0.6) is 0 Å². The van der Waals surface area contributed by atoms with Crippen molar-refractivity contribution in [3.8, 4) is 0 Å². The van der Waals surface area contributed by atoms with E-state index >= 15 is 0 Å². The number of nitrogens with one attached hydrogen (secondary N) is 2. The molecule has 2 unspecified atom stereocenters. The predicted molar refractivity (Wildman–Crippen MR) is 77.7 cm³/mol. The van der Waals surface area contributed by atoms with Gasteiger partial charge in [-0.25, -0.2) is 0 Å². The lowest BCUT2D eigenvalue weighted by Crippen LogP contribution is -2.68. The first kappa shape index (κ1) is 12.6. The van der Waals surface area contributed by atoms with E-state index in [1.165, 1.54) is 45.7 Å². The summed E-state index contributed by atoms with van der Waals surface area (Å²) in [6.07, 6.45) is 1.24. The SMILES string of the molecule is CCC12CN3CCN(CC(C3)[C@H]1NC(=S)NC)C2. The zero-order valence-corrected chi connectivity index (χ0v) is 12.2. The van der Waals surface area contributed by atoms with Crippen molar-refractivity contribution in [3.05, 3.63) is 0 Å². The number of fused-ring (bicyclic) bond motifs is 1. The highest BCUT2D eigenvalue weighted by Gasteiger charge is 2.53. The van der Waals surface area contributed by atoms with E-state index in [4.69, 9.17) is 12.2 Å². The summed E-state index contributed by atoms with van der Waals surface area (Å²) in [6.45, 7) is 9.79. The summed E-state index contributed by atoms with van der Waals surface area (Å²) in [5, 5.41) is 7.48. The van der Waals surface area contributed by atoms with E-state index in [1.54, 1.807) is 0 Å². The second kappa shape index (κ2) is 4.62. The van der Waals surface area contributed by atoms with Gasteiger partial charge in [0.1, 0.15) is 0 Å². The molecule has 0 aromatic rings. The number of rotatable bonds is 2. The van der Waals surface area contributed by atoms with Crippen LogP contribution in [0.15, 0.2) is 0 Å². The van der Waals surface area contributed by atoms with Crippen molar-refractivity contribution in [3.63, 3.8) is 0 Å². The van der Waals surface area contributed by atoms with Gasteiger partial charge in [-0.05, 0) is 18.6 Å². The standard InChI is InChI=1S/C13H24N4S/c1-3-13-8-16-4-5-17(9-13)7-10(6-16)11(13)15-12(18)14-2/h10-11H,3-9H2,1-2H3,(H2,14,15,18)/t10?,11-,13?/m1/s1. The van der Waals surface area contributed by atoms with Crippen LogP contribution in [0.1, 0.15) is 13.3 Å². The van der Waals surface area contributed by atoms with Gasteiger partial charge in [-0.2, -0.15) is 0 Å². The van der Waals surface area contributed by atoms with E-state index in [9.17, 15) is 0 Å². The van der Waals surface area contributed by atoms with E-state index in [-0.39, 0.29) is 0 Å². The van der Waals surface area contributed by atoms with Gasteiger partial charge in [-0.15, -0.1) is 0 Å². The van der Waals surface area contributed by atoms with Crippen LogP contribution < -0.4 is 10.6 Å². The lowest BCUT2D eigenvalue weighted by Gasteiger charge is -2.55. The Hall–Kier alpha value is -0.390. The summed E-state index contributed by atoms with van der Waals surface area (Å²) >= 11 is 5.34. The van der Waals surface area contributed by atoms with Crippen LogP contribution in [0.3, 0.4) is 0 Å². The first-order valence-corrected chi connectivity index (χ1v) is 7.50. The molecule has 4 bridgehead atoms. The molecule has 0 saturated carbocycles. The molecule has 5 heteroatoms. The fourth-order valence-electron chi connectivity index (χ4n) is 4.25. The highest BCUT2D eigenvalue weighted by molar-refractivity contribution is 7.80. The molecule has 4 aliphatic rings. The van der Waals surface area contributed by atoms with Gasteiger partial charge in [0.05, 0.1) is 0 Å². The van der Waals surface area contributed by atoms with E-state index in [1.807, 2.05) is 7.05 Å². The van der Waals surface area contributed by atoms with Crippen molar-refractivity contribution >= 4 is 17.3 Å². The largest absolute Gasteiger partial charge is 0.366 e. The quantitative estimate of drug-likeness (QED) is 0.694. The molecule has 4 aliphatic heterocycles. The second-order valence-corrected chi connectivity index (χ2v) is 6.56. The van der Waals surface area contributed by atoms with E-state index < -0.39 is 0 Å². The fraction of sp³-hybridized carbons (Fsp3) is 0.923. The Kier molecular flexibility index (Phi) is 3.24. The van der Waals surface area contributed by atoms with E-state index in [0.29, 0.717) is 11.5 Å². The third-order valence-corrected chi connectivity index (χ3v) is 5.47. The molecule has 0 amide bonds. The average Bonchev–Trinajstić information content (AvgIpc) is 2.61. The molecule has 0 spiro atoms. The first-order chi connectivity index (χ1) is 8.66. The summed E-state index contributed by atoms with van der Waals surface area (Å²) in [6, 6.07) is 0.549. The van der Waals surface area contributed by atoms with Crippen molar-refractivity contribution in [1.82, 2.24) is 20.4 Å². The van der Waals surface area contributed by atoms with Gasteiger partial charge in [0.15, 0.2) is 5.11 Å². The maximum atomic E-state index is 5.34. The molecule has 0 aliphatic carbocycles. The lowest BCUT2D eigenvalue weighted by atomic mass is 9.66. The molecule has 4 rings (SSSR count). The molecule has 0 aromatic carbocycles. The Labute approximate surface area is 115 Å². The third kappa shape index (κ3) is 1.92. The van der Waals surface area contributed by atoms with Crippen molar-refractivity contribution in [1.29, 1.82) is 0 Å². The number of hydrogen-bond donors (Lipinski definition) is 2. The number of thiocarbonyl (C=S) groups is 1. The summed E-state index contributed by atoms with van der Waals surface area (Å²) in [7, 11) is 1.91. The van der Waals surface area contributed by atoms with Crippen molar-refractivity contribution in [2.45, 2.75) is 19.4 Å². The lowest BCUT2D eigenvalue weighted by molar-refractivity contribution is -0.0271. The molecule has 102 valence electrons. The van der Waals surface area contributed by atoms with Gasteiger partial charge >= 0.3 is 0 Å². The number of hydrogen-bond acceptors (Lipinski definition) is 3. The van der Waals surface area contributed by atoms with Gasteiger partial charge in [0, 0.05) is 63.7 Å². The Morgan fingerprint density at radius 2 is 1.89 bits per heavy atom. The molecule has 0 aromatic heterocycles.